The van der Waals surface area contributed by atoms with E-state index >= 15 is 0 Å². The van der Waals surface area contributed by atoms with Gasteiger partial charge >= 0.3 is 0 Å². The first-order valence-electron chi connectivity index (χ1n) is 8.65. The lowest BCUT2D eigenvalue weighted by molar-refractivity contribution is -0.123. The van der Waals surface area contributed by atoms with Gasteiger partial charge < -0.3 is 5.32 Å². The highest BCUT2D eigenvalue weighted by atomic mass is 35.5. The molecule has 1 fully saturated rings. The normalized spacial score (nSPS) is 16.8. The van der Waals surface area contributed by atoms with E-state index in [-0.39, 0.29) is 18.9 Å². The average Bonchev–Trinajstić information content (AvgIpc) is 2.92. The van der Waals surface area contributed by atoms with Crippen LogP contribution in [0.1, 0.15) is 12.0 Å². The molecule has 0 unspecified atom stereocenters. The molecule has 1 aliphatic heterocycles. The van der Waals surface area contributed by atoms with Crippen LogP contribution in [0.4, 0.5) is 15.8 Å². The molecule has 28 heavy (non-hydrogen) atoms. The van der Waals surface area contributed by atoms with Crippen molar-refractivity contribution in [2.75, 3.05) is 23.8 Å². The molecular formula is C20H19ClFN3O3. The molecule has 2 aromatic rings. The third kappa shape index (κ3) is 4.21. The maximum atomic E-state index is 13.2. The molecule has 8 heteroatoms. The van der Waals surface area contributed by atoms with Gasteiger partial charge in [-0.1, -0.05) is 23.7 Å². The van der Waals surface area contributed by atoms with E-state index in [1.807, 2.05) is 6.92 Å². The summed E-state index contributed by atoms with van der Waals surface area (Å²) in [5, 5.41) is 3.03. The van der Waals surface area contributed by atoms with Gasteiger partial charge in [0.05, 0.1) is 24.7 Å². The Bertz CT molecular complexity index is 950. The Morgan fingerprint density at radius 2 is 2.04 bits per heavy atom. The van der Waals surface area contributed by atoms with Crippen molar-refractivity contribution in [1.29, 1.82) is 0 Å². The molecule has 2 aromatic carbocycles. The number of imide groups is 1. The predicted molar refractivity (Wildman–Crippen MR) is 105 cm³/mol. The zero-order valence-electron chi connectivity index (χ0n) is 15.4. The number of rotatable bonds is 5. The molecule has 0 bridgehead atoms. The summed E-state index contributed by atoms with van der Waals surface area (Å²) >= 11 is 6.10. The maximum Gasteiger partial charge on any atom is 0.251 e. The van der Waals surface area contributed by atoms with Crippen molar-refractivity contribution in [2.45, 2.75) is 19.4 Å². The number of halogens is 2. The lowest BCUT2D eigenvalue weighted by atomic mass is 10.2. The summed E-state index contributed by atoms with van der Waals surface area (Å²) in [7, 11) is 1.59. The minimum atomic E-state index is -0.758. The topological polar surface area (TPSA) is 69.7 Å². The van der Waals surface area contributed by atoms with Gasteiger partial charge in [-0.2, -0.15) is 0 Å². The van der Waals surface area contributed by atoms with Gasteiger partial charge in [0.1, 0.15) is 5.82 Å². The molecule has 146 valence electrons. The molecule has 6 nitrogen and oxygen atoms in total. The van der Waals surface area contributed by atoms with Crippen LogP contribution in [-0.4, -0.2) is 42.3 Å². The van der Waals surface area contributed by atoms with Crippen molar-refractivity contribution in [1.82, 2.24) is 4.90 Å². The Hall–Kier alpha value is -2.77. The summed E-state index contributed by atoms with van der Waals surface area (Å²) in [5.41, 5.74) is 1.57. The van der Waals surface area contributed by atoms with Crippen LogP contribution in [0.15, 0.2) is 42.5 Å². The summed E-state index contributed by atoms with van der Waals surface area (Å²) in [6, 6.07) is 9.74. The minimum absolute atomic E-state index is 0.0337. The number of aryl methyl sites for hydroxylation is 1. The Morgan fingerprint density at radius 3 is 2.71 bits per heavy atom. The number of benzene rings is 2. The number of likely N-dealkylation sites (N-methyl/N-ethyl adjacent to an activating group) is 1. The van der Waals surface area contributed by atoms with Crippen molar-refractivity contribution < 1.29 is 18.8 Å². The average molecular weight is 404 g/mol. The molecule has 1 N–H and O–H groups in total. The van der Waals surface area contributed by atoms with Crippen LogP contribution in [0.2, 0.25) is 5.02 Å². The molecule has 0 radical (unpaired) electrons. The second-order valence-corrected chi connectivity index (χ2v) is 7.10. The van der Waals surface area contributed by atoms with Crippen LogP contribution in [0.5, 0.6) is 0 Å². The number of hydrogen-bond acceptors (Lipinski definition) is 4. The van der Waals surface area contributed by atoms with E-state index in [0.717, 1.165) is 10.5 Å². The smallest absolute Gasteiger partial charge is 0.251 e. The van der Waals surface area contributed by atoms with Gasteiger partial charge in [0, 0.05) is 10.7 Å². The van der Waals surface area contributed by atoms with E-state index < -0.39 is 23.7 Å². The van der Waals surface area contributed by atoms with E-state index in [1.54, 1.807) is 31.3 Å². The molecule has 0 saturated carbocycles. The third-order valence-corrected chi connectivity index (χ3v) is 4.98. The Morgan fingerprint density at radius 1 is 1.29 bits per heavy atom. The van der Waals surface area contributed by atoms with E-state index in [2.05, 4.69) is 5.32 Å². The summed E-state index contributed by atoms with van der Waals surface area (Å²) in [5.74, 6) is -1.64. The molecule has 3 amide bonds. The highest BCUT2D eigenvalue weighted by Crippen LogP contribution is 2.28. The number of carbonyl (C=O) groups is 3. The van der Waals surface area contributed by atoms with Crippen molar-refractivity contribution in [3.8, 4) is 0 Å². The summed E-state index contributed by atoms with van der Waals surface area (Å²) in [6.45, 7) is 1.70. The van der Waals surface area contributed by atoms with Crippen molar-refractivity contribution >= 4 is 40.7 Å². The zero-order valence-corrected chi connectivity index (χ0v) is 16.2. The molecule has 0 spiro atoms. The van der Waals surface area contributed by atoms with E-state index in [9.17, 15) is 18.8 Å². The summed E-state index contributed by atoms with van der Waals surface area (Å²) < 4.78 is 13.2. The van der Waals surface area contributed by atoms with Gasteiger partial charge in [0.25, 0.3) is 5.91 Å². The van der Waals surface area contributed by atoms with Gasteiger partial charge in [0.2, 0.25) is 11.8 Å². The molecule has 1 saturated heterocycles. The van der Waals surface area contributed by atoms with Gasteiger partial charge in [-0.05, 0) is 49.9 Å². The number of nitrogens with zero attached hydrogens (tertiary/aromatic N) is 2. The monoisotopic (exact) mass is 403 g/mol. The largest absolute Gasteiger partial charge is 0.325 e. The van der Waals surface area contributed by atoms with Crippen LogP contribution < -0.4 is 10.2 Å². The SMILES string of the molecule is Cc1ccc(N2C(=O)C[C@H](N(C)CC(=O)Nc3cccc(F)c3)C2=O)cc1Cl. The van der Waals surface area contributed by atoms with Gasteiger partial charge in [-0.3, -0.25) is 19.3 Å². The Labute approximate surface area is 166 Å². The highest BCUT2D eigenvalue weighted by molar-refractivity contribution is 6.32. The fraction of sp³-hybridized carbons (Fsp3) is 0.250. The number of anilines is 2. The predicted octanol–water partition coefficient (Wildman–Crippen LogP) is 2.99. The first kappa shape index (κ1) is 20.0. The van der Waals surface area contributed by atoms with Crippen molar-refractivity contribution in [3.05, 3.63) is 58.9 Å². The van der Waals surface area contributed by atoms with Gasteiger partial charge in [-0.15, -0.1) is 0 Å². The van der Waals surface area contributed by atoms with Crippen LogP contribution in [0, 0.1) is 12.7 Å². The van der Waals surface area contributed by atoms with Crippen LogP contribution in [-0.2, 0) is 14.4 Å². The number of carbonyl (C=O) groups excluding carboxylic acids is 3. The second kappa shape index (κ2) is 8.08. The first-order valence-corrected chi connectivity index (χ1v) is 9.02. The number of amides is 3. The number of hydrogen-bond donors (Lipinski definition) is 1. The Balaban J connectivity index is 1.68. The van der Waals surface area contributed by atoms with Crippen LogP contribution >= 0.6 is 11.6 Å². The fourth-order valence-electron chi connectivity index (χ4n) is 3.06. The molecular weight excluding hydrogens is 385 g/mol. The van der Waals surface area contributed by atoms with Crippen LogP contribution in [0.3, 0.4) is 0 Å². The second-order valence-electron chi connectivity index (χ2n) is 6.69. The highest BCUT2D eigenvalue weighted by Gasteiger charge is 2.42. The summed E-state index contributed by atoms with van der Waals surface area (Å²) in [4.78, 5) is 40.0. The van der Waals surface area contributed by atoms with E-state index in [1.165, 1.54) is 23.1 Å². The molecule has 3 rings (SSSR count). The molecule has 0 aromatic heterocycles. The van der Waals surface area contributed by atoms with Crippen LogP contribution in [0.25, 0.3) is 0 Å². The molecule has 1 heterocycles. The number of nitrogens with one attached hydrogen (secondary N) is 1. The Kier molecular flexibility index (Phi) is 5.76. The lowest BCUT2D eigenvalue weighted by Gasteiger charge is -2.22. The minimum Gasteiger partial charge on any atom is -0.325 e. The van der Waals surface area contributed by atoms with E-state index in [0.29, 0.717) is 16.4 Å². The van der Waals surface area contributed by atoms with Crippen molar-refractivity contribution in [3.63, 3.8) is 0 Å². The summed E-state index contributed by atoms with van der Waals surface area (Å²) in [6.07, 6.45) is -0.0337. The van der Waals surface area contributed by atoms with Crippen molar-refractivity contribution in [2.24, 2.45) is 0 Å². The third-order valence-electron chi connectivity index (χ3n) is 4.57. The fourth-order valence-corrected chi connectivity index (χ4v) is 3.23. The first-order chi connectivity index (χ1) is 13.3. The standard InChI is InChI=1S/C20H19ClFN3O3/c1-12-6-7-15(9-16(12)21)25-19(27)10-17(20(25)28)24(2)11-18(26)23-14-5-3-4-13(22)8-14/h3-9,17H,10-11H2,1-2H3,(H,23,26)/t17-/m0/s1. The quantitative estimate of drug-likeness (QED) is 0.779. The zero-order chi connectivity index (χ0) is 20.4. The van der Waals surface area contributed by atoms with Gasteiger partial charge in [0.15, 0.2) is 0 Å². The van der Waals surface area contributed by atoms with E-state index in [4.69, 9.17) is 11.6 Å². The maximum absolute atomic E-state index is 13.2. The van der Waals surface area contributed by atoms with Gasteiger partial charge in [-0.25, -0.2) is 9.29 Å². The molecule has 1 aliphatic rings. The molecule has 1 atom stereocenters. The lowest BCUT2D eigenvalue weighted by Crippen LogP contribution is -2.43. The molecule has 0 aliphatic carbocycles.